The lowest BCUT2D eigenvalue weighted by Gasteiger charge is -2.25. The second-order valence-electron chi connectivity index (χ2n) is 11.6. The first-order valence-corrected chi connectivity index (χ1v) is 13.8. The molecule has 3 aromatic heterocycles. The number of hydrogen-bond acceptors (Lipinski definition) is 8. The number of nitrogens with one attached hydrogen (secondary N) is 2. The first-order valence-electron chi connectivity index (χ1n) is 13.0. The van der Waals surface area contributed by atoms with Crippen LogP contribution in [0.3, 0.4) is 0 Å². The van der Waals surface area contributed by atoms with E-state index in [4.69, 9.17) is 14.5 Å². The van der Waals surface area contributed by atoms with Crippen molar-refractivity contribution in [1.82, 2.24) is 19.7 Å². The molecule has 1 atom stereocenters. The predicted molar refractivity (Wildman–Crippen MR) is 150 cm³/mol. The van der Waals surface area contributed by atoms with E-state index in [1.807, 2.05) is 43.8 Å². The van der Waals surface area contributed by atoms with E-state index in [2.05, 4.69) is 42.6 Å². The molecule has 4 rings (SSSR count). The maximum Gasteiger partial charge on any atom is 0.410 e. The highest BCUT2D eigenvalue weighted by Crippen LogP contribution is 2.39. The van der Waals surface area contributed by atoms with Crippen molar-refractivity contribution in [3.63, 3.8) is 0 Å². The van der Waals surface area contributed by atoms with Gasteiger partial charge in [-0.15, -0.1) is 11.3 Å². The van der Waals surface area contributed by atoms with E-state index >= 15 is 0 Å². The summed E-state index contributed by atoms with van der Waals surface area (Å²) >= 11 is 1.69. The number of aromatic nitrogens is 3. The fraction of sp³-hybridized carbons (Fsp3) is 0.593. The molecule has 1 aliphatic rings. The number of carbonyl (C=O) groups is 1. The molecule has 1 aliphatic heterocycles. The highest BCUT2D eigenvalue weighted by molar-refractivity contribution is 7.22. The maximum atomic E-state index is 12.4. The van der Waals surface area contributed by atoms with Gasteiger partial charge in [0.25, 0.3) is 0 Å². The summed E-state index contributed by atoms with van der Waals surface area (Å²) in [6.07, 6.45) is 4.68. The van der Waals surface area contributed by atoms with Crippen molar-refractivity contribution in [3.8, 4) is 10.6 Å². The second-order valence-corrected chi connectivity index (χ2v) is 12.6. The van der Waals surface area contributed by atoms with Crippen molar-refractivity contribution >= 4 is 39.2 Å². The van der Waals surface area contributed by atoms with Crippen molar-refractivity contribution in [2.45, 2.75) is 78.2 Å². The Morgan fingerprint density at radius 2 is 2.03 bits per heavy atom. The molecule has 3 aromatic rings. The number of likely N-dealkylation sites (N-methyl/N-ethyl adjacent to an activating group) is 1. The number of carbonyl (C=O) groups excluding carboxylic acids is 1. The number of fused-ring (bicyclic) bond motifs is 1. The van der Waals surface area contributed by atoms with E-state index in [1.165, 1.54) is 0 Å². The second kappa shape index (κ2) is 10.9. The van der Waals surface area contributed by atoms with Gasteiger partial charge in [-0.2, -0.15) is 5.10 Å². The van der Waals surface area contributed by atoms with E-state index in [9.17, 15) is 4.79 Å². The molecule has 37 heavy (non-hydrogen) atoms. The zero-order valence-corrected chi connectivity index (χ0v) is 23.9. The van der Waals surface area contributed by atoms with Gasteiger partial charge in [0.15, 0.2) is 6.23 Å². The van der Waals surface area contributed by atoms with Crippen LogP contribution in [-0.2, 0) is 9.47 Å². The zero-order chi connectivity index (χ0) is 26.8. The average molecular weight is 529 g/mol. The summed E-state index contributed by atoms with van der Waals surface area (Å²) in [5.74, 6) is 0.802. The van der Waals surface area contributed by atoms with Crippen LogP contribution in [0.4, 0.5) is 16.3 Å². The quantitative estimate of drug-likeness (QED) is 0.369. The monoisotopic (exact) mass is 528 g/mol. The molecule has 2 N–H and O–H groups in total. The van der Waals surface area contributed by atoms with E-state index in [0.29, 0.717) is 13.1 Å². The minimum absolute atomic E-state index is 0.0315. The summed E-state index contributed by atoms with van der Waals surface area (Å²) in [6, 6.07) is 6.21. The summed E-state index contributed by atoms with van der Waals surface area (Å²) in [6.45, 7) is 13.8. The summed E-state index contributed by atoms with van der Waals surface area (Å²) < 4.78 is 14.5. The Bertz CT molecular complexity index is 1220. The number of ether oxygens (including phenoxy) is 2. The Morgan fingerprint density at radius 1 is 1.24 bits per heavy atom. The summed E-state index contributed by atoms with van der Waals surface area (Å²) in [5.41, 5.74) is 2.27. The third-order valence-electron chi connectivity index (χ3n) is 5.80. The van der Waals surface area contributed by atoms with Gasteiger partial charge in [-0.25, -0.2) is 14.5 Å². The van der Waals surface area contributed by atoms with E-state index in [1.54, 1.807) is 23.3 Å². The lowest BCUT2D eigenvalue weighted by atomic mass is 10.1. The van der Waals surface area contributed by atoms with Gasteiger partial charge in [0, 0.05) is 44.5 Å². The number of nitrogens with zero attached hydrogens (tertiary/aromatic N) is 4. The molecule has 10 heteroatoms. The number of pyridine rings is 1. The maximum absolute atomic E-state index is 12.4. The minimum Gasteiger partial charge on any atom is -0.444 e. The molecule has 0 bridgehead atoms. The molecule has 1 unspecified atom stereocenters. The van der Waals surface area contributed by atoms with Crippen molar-refractivity contribution in [3.05, 3.63) is 24.4 Å². The highest BCUT2D eigenvalue weighted by Gasteiger charge is 2.23. The van der Waals surface area contributed by atoms with E-state index in [0.717, 1.165) is 58.2 Å². The molecule has 0 aromatic carbocycles. The summed E-state index contributed by atoms with van der Waals surface area (Å²) in [7, 11) is 1.75. The highest BCUT2D eigenvalue weighted by atomic mass is 32.1. The van der Waals surface area contributed by atoms with Gasteiger partial charge in [-0.1, -0.05) is 0 Å². The van der Waals surface area contributed by atoms with E-state index in [-0.39, 0.29) is 17.9 Å². The van der Waals surface area contributed by atoms with Crippen LogP contribution in [0.15, 0.2) is 24.4 Å². The Kier molecular flexibility index (Phi) is 7.99. The molecule has 1 amide bonds. The van der Waals surface area contributed by atoms with Gasteiger partial charge in [0.1, 0.15) is 11.4 Å². The lowest BCUT2D eigenvalue weighted by Crippen LogP contribution is -2.36. The van der Waals surface area contributed by atoms with Crippen LogP contribution in [-0.4, -0.2) is 63.6 Å². The average Bonchev–Trinajstić information content (AvgIpc) is 3.44. The fourth-order valence-corrected chi connectivity index (χ4v) is 5.28. The van der Waals surface area contributed by atoms with Gasteiger partial charge in [0.2, 0.25) is 0 Å². The molecule has 1 saturated heterocycles. The Hall–Kier alpha value is -2.85. The summed E-state index contributed by atoms with van der Waals surface area (Å²) in [5, 5.41) is 11.6. The van der Waals surface area contributed by atoms with Crippen molar-refractivity contribution in [2.75, 3.05) is 37.4 Å². The van der Waals surface area contributed by atoms with Gasteiger partial charge < -0.3 is 25.0 Å². The van der Waals surface area contributed by atoms with Crippen molar-refractivity contribution in [2.24, 2.45) is 0 Å². The van der Waals surface area contributed by atoms with Gasteiger partial charge in [0.05, 0.1) is 26.5 Å². The zero-order valence-electron chi connectivity index (χ0n) is 23.1. The first kappa shape index (κ1) is 27.2. The first-order chi connectivity index (χ1) is 17.4. The standard InChI is InChI=1S/C27H40N6O3S/c1-26(2,3)31-22-17-18(28-13-14-32(7)25(34)36-27(4,5)6)24-19(30-22)16-21(37-24)20-11-12-29-33(20)23-10-8-9-15-35-23/h11-12,16-17,23H,8-10,13-15H2,1-7H3,(H2,28,30,31). The molecule has 0 radical (unpaired) electrons. The van der Waals surface area contributed by atoms with Crippen LogP contribution in [0.5, 0.6) is 0 Å². The Morgan fingerprint density at radius 3 is 2.70 bits per heavy atom. The van der Waals surface area contributed by atoms with Gasteiger partial charge in [-0.3, -0.25) is 0 Å². The number of thiophene rings is 1. The molecule has 1 fully saturated rings. The molecule has 9 nitrogen and oxygen atoms in total. The molecule has 202 valence electrons. The molecular formula is C27H40N6O3S. The van der Waals surface area contributed by atoms with E-state index < -0.39 is 5.60 Å². The molecule has 0 spiro atoms. The van der Waals surface area contributed by atoms with Crippen LogP contribution in [0.2, 0.25) is 0 Å². The molecule has 0 saturated carbocycles. The number of anilines is 2. The predicted octanol–water partition coefficient (Wildman–Crippen LogP) is 6.35. The summed E-state index contributed by atoms with van der Waals surface area (Å²) in [4.78, 5) is 20.0. The fourth-order valence-electron chi connectivity index (χ4n) is 4.17. The molecule has 4 heterocycles. The van der Waals surface area contributed by atoms with Crippen LogP contribution >= 0.6 is 11.3 Å². The van der Waals surface area contributed by atoms with Crippen molar-refractivity contribution in [1.29, 1.82) is 0 Å². The van der Waals surface area contributed by atoms with Crippen LogP contribution in [0.1, 0.15) is 67.0 Å². The largest absolute Gasteiger partial charge is 0.444 e. The van der Waals surface area contributed by atoms with Gasteiger partial charge >= 0.3 is 6.09 Å². The van der Waals surface area contributed by atoms with Crippen LogP contribution in [0, 0.1) is 0 Å². The number of amides is 1. The Balaban J connectivity index is 1.59. The minimum atomic E-state index is -0.522. The topological polar surface area (TPSA) is 93.5 Å². The van der Waals surface area contributed by atoms with Gasteiger partial charge in [-0.05, 0) is 72.9 Å². The third kappa shape index (κ3) is 7.13. The Labute approximate surface area is 223 Å². The number of rotatable bonds is 7. The van der Waals surface area contributed by atoms with Crippen molar-refractivity contribution < 1.29 is 14.3 Å². The molecule has 0 aliphatic carbocycles. The normalized spacial score (nSPS) is 16.6. The number of hydrogen-bond donors (Lipinski definition) is 2. The van der Waals surface area contributed by atoms with Crippen LogP contribution < -0.4 is 10.6 Å². The SMILES string of the molecule is CN(CCNc1cc(NC(C)(C)C)nc2cc(-c3ccnn3C3CCCCO3)sc12)C(=O)OC(C)(C)C. The van der Waals surface area contributed by atoms with Crippen LogP contribution in [0.25, 0.3) is 20.8 Å². The smallest absolute Gasteiger partial charge is 0.410 e. The lowest BCUT2D eigenvalue weighted by molar-refractivity contribution is -0.0383. The molecular weight excluding hydrogens is 488 g/mol. The third-order valence-corrected chi connectivity index (χ3v) is 6.98.